The molecule has 0 radical (unpaired) electrons. The van der Waals surface area contributed by atoms with Crippen molar-refractivity contribution >= 4 is 5.69 Å². The van der Waals surface area contributed by atoms with E-state index in [1.54, 1.807) is 0 Å². The molecule has 86 valence electrons. The average molecular weight is 207 g/mol. The minimum Gasteiger partial charge on any atom is -0.399 e. The summed E-state index contributed by atoms with van der Waals surface area (Å²) in [6.07, 6.45) is 2.71. The van der Waals surface area contributed by atoms with Gasteiger partial charge in [0.2, 0.25) is 0 Å². The van der Waals surface area contributed by atoms with Crippen molar-refractivity contribution in [2.24, 2.45) is 5.92 Å². The lowest BCUT2D eigenvalue weighted by Gasteiger charge is -2.00. The lowest BCUT2D eigenvalue weighted by atomic mass is 10.1. The topological polar surface area (TPSA) is 26.0 Å². The number of hydrogen-bond acceptors (Lipinski definition) is 1. The van der Waals surface area contributed by atoms with Gasteiger partial charge in [-0.25, -0.2) is 0 Å². The van der Waals surface area contributed by atoms with Gasteiger partial charge < -0.3 is 5.73 Å². The number of aryl methyl sites for hydroxylation is 1. The van der Waals surface area contributed by atoms with Gasteiger partial charge in [-0.3, -0.25) is 0 Å². The van der Waals surface area contributed by atoms with Crippen LogP contribution in [0, 0.1) is 19.8 Å². The van der Waals surface area contributed by atoms with Gasteiger partial charge in [0, 0.05) is 5.69 Å². The molecule has 0 saturated carbocycles. The summed E-state index contributed by atoms with van der Waals surface area (Å²) in [6, 6.07) is 5.95. The van der Waals surface area contributed by atoms with Gasteiger partial charge in [0.05, 0.1) is 0 Å². The standard InChI is InChI=1S/C8H11N.C6H14/c1-6-4-3-5-8(9)7(6)2;1-4-5-6(2)3/h3-5H,9H2,1-2H3;6H,4-5H2,1-3H3. The van der Waals surface area contributed by atoms with Gasteiger partial charge in [-0.1, -0.05) is 45.7 Å². The Morgan fingerprint density at radius 1 is 1.20 bits per heavy atom. The minimum atomic E-state index is 0.884. The fourth-order valence-corrected chi connectivity index (χ4v) is 1.35. The Morgan fingerprint density at radius 3 is 2.07 bits per heavy atom. The van der Waals surface area contributed by atoms with Crippen LogP contribution in [0.4, 0.5) is 5.69 Å². The van der Waals surface area contributed by atoms with Crippen LogP contribution in [0.2, 0.25) is 0 Å². The third-order valence-electron chi connectivity index (χ3n) is 2.51. The van der Waals surface area contributed by atoms with E-state index in [0.717, 1.165) is 11.6 Å². The second-order valence-electron chi connectivity index (χ2n) is 4.47. The number of nitrogen functional groups attached to an aromatic ring is 1. The summed E-state index contributed by atoms with van der Waals surface area (Å²) in [6.45, 7) is 10.8. The predicted octanol–water partition coefficient (Wildman–Crippen LogP) is 4.33. The first-order chi connectivity index (χ1) is 6.99. The first kappa shape index (κ1) is 14.0. The second-order valence-corrected chi connectivity index (χ2v) is 4.47. The van der Waals surface area contributed by atoms with E-state index < -0.39 is 0 Å². The molecule has 1 heteroatoms. The molecule has 0 saturated heterocycles. The third-order valence-corrected chi connectivity index (χ3v) is 2.51. The zero-order valence-corrected chi connectivity index (χ0v) is 10.8. The van der Waals surface area contributed by atoms with Crippen molar-refractivity contribution in [3.8, 4) is 0 Å². The summed E-state index contributed by atoms with van der Waals surface area (Å²) in [5.74, 6) is 0.898. The maximum Gasteiger partial charge on any atom is 0.0346 e. The van der Waals surface area contributed by atoms with Gasteiger partial charge in [0.1, 0.15) is 0 Å². The molecule has 1 aromatic rings. The molecular weight excluding hydrogens is 182 g/mol. The molecule has 0 amide bonds. The number of benzene rings is 1. The Kier molecular flexibility index (Phi) is 6.85. The van der Waals surface area contributed by atoms with Crippen LogP contribution in [0.1, 0.15) is 44.7 Å². The van der Waals surface area contributed by atoms with E-state index in [1.807, 2.05) is 19.1 Å². The van der Waals surface area contributed by atoms with Gasteiger partial charge in [-0.15, -0.1) is 0 Å². The molecule has 0 aliphatic carbocycles. The Hall–Kier alpha value is -0.980. The molecule has 0 aromatic heterocycles. The Bertz CT molecular complexity index is 256. The van der Waals surface area contributed by atoms with Crippen molar-refractivity contribution in [2.75, 3.05) is 5.73 Å². The molecule has 1 aromatic carbocycles. The Balaban J connectivity index is 0.000000288. The van der Waals surface area contributed by atoms with Crippen molar-refractivity contribution < 1.29 is 0 Å². The first-order valence-electron chi connectivity index (χ1n) is 5.80. The van der Waals surface area contributed by atoms with Crippen molar-refractivity contribution in [1.82, 2.24) is 0 Å². The minimum absolute atomic E-state index is 0.884. The zero-order valence-electron chi connectivity index (χ0n) is 10.8. The summed E-state index contributed by atoms with van der Waals surface area (Å²) < 4.78 is 0. The van der Waals surface area contributed by atoms with E-state index in [1.165, 1.54) is 24.0 Å². The van der Waals surface area contributed by atoms with Gasteiger partial charge in [0.15, 0.2) is 0 Å². The van der Waals surface area contributed by atoms with E-state index >= 15 is 0 Å². The molecule has 0 bridgehead atoms. The van der Waals surface area contributed by atoms with E-state index in [0.29, 0.717) is 0 Å². The van der Waals surface area contributed by atoms with E-state index in [9.17, 15) is 0 Å². The van der Waals surface area contributed by atoms with E-state index in [-0.39, 0.29) is 0 Å². The highest BCUT2D eigenvalue weighted by atomic mass is 14.5. The van der Waals surface area contributed by atoms with Gasteiger partial charge in [-0.05, 0) is 37.0 Å². The van der Waals surface area contributed by atoms with Crippen molar-refractivity contribution in [2.45, 2.75) is 47.5 Å². The second kappa shape index (κ2) is 7.33. The highest BCUT2D eigenvalue weighted by molar-refractivity contribution is 5.49. The molecular formula is C14H25N. The highest BCUT2D eigenvalue weighted by Gasteiger charge is 1.92. The molecule has 0 unspecified atom stereocenters. The maximum atomic E-state index is 5.62. The van der Waals surface area contributed by atoms with Crippen LogP contribution in [0.15, 0.2) is 18.2 Å². The van der Waals surface area contributed by atoms with Crippen LogP contribution in [-0.4, -0.2) is 0 Å². The van der Waals surface area contributed by atoms with Crippen LogP contribution >= 0.6 is 0 Å². The first-order valence-corrected chi connectivity index (χ1v) is 5.80. The molecule has 2 N–H and O–H groups in total. The van der Waals surface area contributed by atoms with Crippen LogP contribution in [0.25, 0.3) is 0 Å². The normalized spacial score (nSPS) is 9.73. The van der Waals surface area contributed by atoms with E-state index in [2.05, 4.69) is 33.8 Å². The molecule has 0 atom stereocenters. The number of nitrogens with two attached hydrogens (primary N) is 1. The van der Waals surface area contributed by atoms with Crippen molar-refractivity contribution in [1.29, 1.82) is 0 Å². The average Bonchev–Trinajstić information content (AvgIpc) is 2.15. The smallest absolute Gasteiger partial charge is 0.0346 e. The van der Waals surface area contributed by atoms with Gasteiger partial charge in [-0.2, -0.15) is 0 Å². The monoisotopic (exact) mass is 207 g/mol. The largest absolute Gasteiger partial charge is 0.399 e. The quantitative estimate of drug-likeness (QED) is 0.718. The van der Waals surface area contributed by atoms with Crippen LogP contribution in [-0.2, 0) is 0 Å². The van der Waals surface area contributed by atoms with E-state index in [4.69, 9.17) is 5.73 Å². The summed E-state index contributed by atoms with van der Waals surface area (Å²) in [5, 5.41) is 0. The van der Waals surface area contributed by atoms with Crippen molar-refractivity contribution in [3.63, 3.8) is 0 Å². The molecule has 0 aliphatic heterocycles. The number of anilines is 1. The summed E-state index contributed by atoms with van der Waals surface area (Å²) in [7, 11) is 0. The number of hydrogen-bond donors (Lipinski definition) is 1. The van der Waals surface area contributed by atoms with Crippen LogP contribution in [0.3, 0.4) is 0 Å². The van der Waals surface area contributed by atoms with Gasteiger partial charge >= 0.3 is 0 Å². The molecule has 0 spiro atoms. The fourth-order valence-electron chi connectivity index (χ4n) is 1.35. The lowest BCUT2D eigenvalue weighted by Crippen LogP contribution is -1.90. The fraction of sp³-hybridized carbons (Fsp3) is 0.571. The third kappa shape index (κ3) is 6.16. The zero-order chi connectivity index (χ0) is 11.8. The predicted molar refractivity (Wildman–Crippen MR) is 70.1 cm³/mol. The van der Waals surface area contributed by atoms with Crippen LogP contribution < -0.4 is 5.73 Å². The molecule has 0 aliphatic rings. The Morgan fingerprint density at radius 2 is 1.80 bits per heavy atom. The SMILES string of the molecule is CCCC(C)C.Cc1cccc(N)c1C. The summed E-state index contributed by atoms with van der Waals surface area (Å²) in [4.78, 5) is 0. The Labute approximate surface area is 94.7 Å². The molecule has 1 nitrogen and oxygen atoms in total. The van der Waals surface area contributed by atoms with Gasteiger partial charge in [0.25, 0.3) is 0 Å². The van der Waals surface area contributed by atoms with Crippen LogP contribution in [0.5, 0.6) is 0 Å². The lowest BCUT2D eigenvalue weighted by molar-refractivity contribution is 0.576. The molecule has 15 heavy (non-hydrogen) atoms. The summed E-state index contributed by atoms with van der Waals surface area (Å²) in [5.41, 5.74) is 8.96. The molecule has 0 heterocycles. The summed E-state index contributed by atoms with van der Waals surface area (Å²) >= 11 is 0. The molecule has 0 fully saturated rings. The van der Waals surface area contributed by atoms with Crippen molar-refractivity contribution in [3.05, 3.63) is 29.3 Å². The molecule has 1 rings (SSSR count). The maximum absolute atomic E-state index is 5.62. The highest BCUT2D eigenvalue weighted by Crippen LogP contribution is 2.13. The number of rotatable bonds is 2.